The Kier molecular flexibility index (Phi) is 5.96. The van der Waals surface area contributed by atoms with E-state index in [1.807, 2.05) is 37.1 Å². The third kappa shape index (κ3) is 4.96. The molecule has 7 nitrogen and oxygen atoms in total. The third-order valence-corrected chi connectivity index (χ3v) is 4.99. The van der Waals surface area contributed by atoms with Gasteiger partial charge >= 0.3 is 0 Å². The summed E-state index contributed by atoms with van der Waals surface area (Å²) in [5.74, 6) is 1.76. The molecule has 0 atom stereocenters. The number of hydrogen-bond donors (Lipinski definition) is 2. The quantitative estimate of drug-likeness (QED) is 0.609. The van der Waals surface area contributed by atoms with Gasteiger partial charge in [0.15, 0.2) is 5.96 Å². The van der Waals surface area contributed by atoms with Crippen LogP contribution in [0.15, 0.2) is 30.5 Å². The zero-order valence-electron chi connectivity index (χ0n) is 18.1. The van der Waals surface area contributed by atoms with E-state index in [4.69, 9.17) is 20.9 Å². The maximum Gasteiger partial charge on any atom is 0.225 e. The number of anilines is 1. The summed E-state index contributed by atoms with van der Waals surface area (Å²) < 4.78 is 6.04. The molecule has 0 aliphatic carbocycles. The first-order chi connectivity index (χ1) is 13.6. The summed E-state index contributed by atoms with van der Waals surface area (Å²) in [5.41, 5.74) is 8.66. The molecule has 156 valence electrons. The van der Waals surface area contributed by atoms with E-state index in [1.165, 1.54) is 5.56 Å². The number of benzene rings is 1. The molecule has 0 unspecified atom stereocenters. The van der Waals surface area contributed by atoms with Crippen molar-refractivity contribution in [3.63, 3.8) is 0 Å². The smallest absolute Gasteiger partial charge is 0.225 e. The zero-order chi connectivity index (χ0) is 21.2. The summed E-state index contributed by atoms with van der Waals surface area (Å²) >= 11 is 0. The van der Waals surface area contributed by atoms with Crippen LogP contribution in [0.4, 0.5) is 5.95 Å². The van der Waals surface area contributed by atoms with Crippen LogP contribution in [0.3, 0.4) is 0 Å². The number of hydrogen-bond acceptors (Lipinski definition) is 5. The first kappa shape index (κ1) is 20.9. The van der Waals surface area contributed by atoms with Gasteiger partial charge in [-0.15, -0.1) is 0 Å². The monoisotopic (exact) mass is 396 g/mol. The molecule has 3 N–H and O–H groups in total. The summed E-state index contributed by atoms with van der Waals surface area (Å²) in [6, 6.07) is 8.23. The SMILES string of the molecule is CC(C)Oc1ccc(-c2ccnc(N3CCN(C(=N)N)CC3)n2)cc1C(C)(C)C. The Balaban J connectivity index is 1.88. The molecule has 0 bridgehead atoms. The molecule has 1 aromatic heterocycles. The Morgan fingerprint density at radius 2 is 1.83 bits per heavy atom. The van der Waals surface area contributed by atoms with E-state index in [0.29, 0.717) is 19.0 Å². The fourth-order valence-electron chi connectivity index (χ4n) is 3.44. The average Bonchev–Trinajstić information content (AvgIpc) is 2.67. The van der Waals surface area contributed by atoms with Gasteiger partial charge in [-0.25, -0.2) is 9.97 Å². The number of piperazine rings is 1. The molecule has 0 radical (unpaired) electrons. The van der Waals surface area contributed by atoms with Gasteiger partial charge in [-0.05, 0) is 43.5 Å². The van der Waals surface area contributed by atoms with Crippen molar-refractivity contribution in [3.05, 3.63) is 36.0 Å². The van der Waals surface area contributed by atoms with Crippen molar-refractivity contribution in [2.24, 2.45) is 5.73 Å². The van der Waals surface area contributed by atoms with Crippen LogP contribution in [0.1, 0.15) is 40.2 Å². The Morgan fingerprint density at radius 1 is 1.14 bits per heavy atom. The summed E-state index contributed by atoms with van der Waals surface area (Å²) in [6.45, 7) is 13.6. The van der Waals surface area contributed by atoms with E-state index in [2.05, 4.69) is 42.8 Å². The number of nitrogens with two attached hydrogens (primary N) is 1. The highest BCUT2D eigenvalue weighted by atomic mass is 16.5. The predicted octanol–water partition coefficient (Wildman–Crippen LogP) is 3.24. The summed E-state index contributed by atoms with van der Waals surface area (Å²) in [4.78, 5) is 13.3. The van der Waals surface area contributed by atoms with Crippen molar-refractivity contribution in [1.29, 1.82) is 5.41 Å². The maximum atomic E-state index is 7.58. The lowest BCUT2D eigenvalue weighted by Gasteiger charge is -2.34. The lowest BCUT2D eigenvalue weighted by molar-refractivity contribution is 0.236. The molecule has 2 aromatic rings. The third-order valence-electron chi connectivity index (χ3n) is 4.99. The Hall–Kier alpha value is -2.83. The molecule has 0 spiro atoms. The molecule has 1 saturated heterocycles. The Labute approximate surface area is 173 Å². The number of nitrogens with one attached hydrogen (secondary N) is 1. The molecule has 1 fully saturated rings. The van der Waals surface area contributed by atoms with E-state index in [-0.39, 0.29) is 17.5 Å². The van der Waals surface area contributed by atoms with Crippen LogP contribution in [0.5, 0.6) is 5.75 Å². The normalized spacial score (nSPS) is 15.0. The number of nitrogens with zero attached hydrogens (tertiary/aromatic N) is 4. The molecule has 7 heteroatoms. The van der Waals surface area contributed by atoms with Gasteiger partial charge in [0, 0.05) is 43.5 Å². The van der Waals surface area contributed by atoms with Gasteiger partial charge in [-0.2, -0.15) is 0 Å². The first-order valence-corrected chi connectivity index (χ1v) is 10.1. The largest absolute Gasteiger partial charge is 0.491 e. The van der Waals surface area contributed by atoms with E-state index in [0.717, 1.165) is 30.1 Å². The highest BCUT2D eigenvalue weighted by Crippen LogP contribution is 2.35. The second-order valence-electron chi connectivity index (χ2n) is 8.73. The van der Waals surface area contributed by atoms with Crippen molar-refractivity contribution in [2.45, 2.75) is 46.1 Å². The van der Waals surface area contributed by atoms with Crippen LogP contribution in [0.2, 0.25) is 0 Å². The van der Waals surface area contributed by atoms with Gasteiger partial charge in [0.25, 0.3) is 0 Å². The van der Waals surface area contributed by atoms with Gasteiger partial charge in [0.05, 0.1) is 11.8 Å². The fraction of sp³-hybridized carbons (Fsp3) is 0.500. The lowest BCUT2D eigenvalue weighted by Crippen LogP contribution is -2.51. The zero-order valence-corrected chi connectivity index (χ0v) is 18.1. The van der Waals surface area contributed by atoms with Gasteiger partial charge < -0.3 is 20.3 Å². The summed E-state index contributed by atoms with van der Waals surface area (Å²) in [5, 5.41) is 7.58. The van der Waals surface area contributed by atoms with E-state index >= 15 is 0 Å². The van der Waals surface area contributed by atoms with Crippen LogP contribution in [-0.4, -0.2) is 53.1 Å². The number of ether oxygens (including phenoxy) is 1. The number of guanidine groups is 1. The molecular weight excluding hydrogens is 364 g/mol. The van der Waals surface area contributed by atoms with Crippen molar-refractivity contribution in [3.8, 4) is 17.0 Å². The molecule has 29 heavy (non-hydrogen) atoms. The van der Waals surface area contributed by atoms with Gasteiger partial charge in [0.2, 0.25) is 5.95 Å². The van der Waals surface area contributed by atoms with Crippen LogP contribution >= 0.6 is 0 Å². The number of rotatable bonds is 4. The van der Waals surface area contributed by atoms with E-state index < -0.39 is 0 Å². The van der Waals surface area contributed by atoms with Crippen molar-refractivity contribution in [1.82, 2.24) is 14.9 Å². The van der Waals surface area contributed by atoms with Crippen molar-refractivity contribution >= 4 is 11.9 Å². The van der Waals surface area contributed by atoms with Crippen molar-refractivity contribution < 1.29 is 4.74 Å². The predicted molar refractivity (Wildman–Crippen MR) is 118 cm³/mol. The fourth-order valence-corrected chi connectivity index (χ4v) is 3.44. The lowest BCUT2D eigenvalue weighted by atomic mass is 9.85. The number of aromatic nitrogens is 2. The highest BCUT2D eigenvalue weighted by molar-refractivity contribution is 5.75. The van der Waals surface area contributed by atoms with Gasteiger partial charge in [-0.1, -0.05) is 20.8 Å². The highest BCUT2D eigenvalue weighted by Gasteiger charge is 2.22. The molecule has 0 saturated carbocycles. The first-order valence-electron chi connectivity index (χ1n) is 10.1. The van der Waals surface area contributed by atoms with Crippen LogP contribution in [0, 0.1) is 5.41 Å². The molecule has 2 heterocycles. The molecule has 0 amide bonds. The van der Waals surface area contributed by atoms with Gasteiger partial charge in [-0.3, -0.25) is 5.41 Å². The molecular formula is C22H32N6O. The van der Waals surface area contributed by atoms with E-state index in [9.17, 15) is 0 Å². The second kappa shape index (κ2) is 8.27. The minimum Gasteiger partial charge on any atom is -0.491 e. The van der Waals surface area contributed by atoms with Crippen LogP contribution in [0.25, 0.3) is 11.3 Å². The topological polar surface area (TPSA) is 91.4 Å². The average molecular weight is 397 g/mol. The van der Waals surface area contributed by atoms with Crippen LogP contribution in [-0.2, 0) is 5.41 Å². The molecule has 3 rings (SSSR count). The minimum absolute atomic E-state index is 0.0425. The maximum absolute atomic E-state index is 7.58. The standard InChI is InChI=1S/C22H32N6O/c1-15(2)29-19-7-6-16(14-17(19)22(3,4)5)18-8-9-25-21(26-18)28-12-10-27(11-13-28)20(23)24/h6-9,14-15H,10-13H2,1-5H3,(H3,23,24). The Morgan fingerprint density at radius 3 is 2.41 bits per heavy atom. The molecule has 1 aromatic carbocycles. The molecule has 1 aliphatic heterocycles. The summed E-state index contributed by atoms with van der Waals surface area (Å²) in [7, 11) is 0. The molecule has 1 aliphatic rings. The van der Waals surface area contributed by atoms with E-state index in [1.54, 1.807) is 0 Å². The second-order valence-corrected chi connectivity index (χ2v) is 8.73. The Bertz CT molecular complexity index is 866. The summed E-state index contributed by atoms with van der Waals surface area (Å²) in [6.07, 6.45) is 1.94. The minimum atomic E-state index is -0.0425. The van der Waals surface area contributed by atoms with Gasteiger partial charge in [0.1, 0.15) is 5.75 Å². The van der Waals surface area contributed by atoms with Crippen LogP contribution < -0.4 is 15.4 Å². The van der Waals surface area contributed by atoms with Crippen molar-refractivity contribution in [2.75, 3.05) is 31.1 Å².